The Balaban J connectivity index is 2.00. The molecule has 1 aromatic carbocycles. The minimum atomic E-state index is -4.72. The molecule has 1 aromatic rings. The van der Waals surface area contributed by atoms with Crippen LogP contribution in [-0.4, -0.2) is 60.2 Å². The highest BCUT2D eigenvalue weighted by atomic mass is 19.4. The first-order chi connectivity index (χ1) is 12.6. The summed E-state index contributed by atoms with van der Waals surface area (Å²) in [5.41, 5.74) is 0.185. The normalized spacial score (nSPS) is 19.6. The average molecular weight is 388 g/mol. The molecular weight excluding hydrogens is 369 g/mol. The first kappa shape index (κ1) is 20.5. The third-order valence-corrected chi connectivity index (χ3v) is 4.24. The lowest BCUT2D eigenvalue weighted by molar-refractivity contribution is -0.188. The Morgan fingerprint density at radius 3 is 2.48 bits per heavy atom. The van der Waals surface area contributed by atoms with E-state index in [4.69, 9.17) is 9.84 Å². The second kappa shape index (κ2) is 8.28. The Bertz CT molecular complexity index is 723. The molecule has 1 heterocycles. The Kier molecular flexibility index (Phi) is 6.29. The molecule has 2 rings (SSSR count). The summed E-state index contributed by atoms with van der Waals surface area (Å²) >= 11 is 0. The van der Waals surface area contributed by atoms with Gasteiger partial charge in [0, 0.05) is 13.1 Å². The van der Waals surface area contributed by atoms with Gasteiger partial charge in [0.2, 0.25) is 5.91 Å². The van der Waals surface area contributed by atoms with Gasteiger partial charge < -0.3 is 20.1 Å². The van der Waals surface area contributed by atoms with Gasteiger partial charge in [-0.25, -0.2) is 0 Å². The van der Waals surface area contributed by atoms with Gasteiger partial charge in [0.05, 0.1) is 30.6 Å². The third kappa shape index (κ3) is 4.89. The molecular formula is C17H19F3N2O5. The molecule has 7 nitrogen and oxygen atoms in total. The number of carboxylic acid groups (broad SMARTS) is 1. The van der Waals surface area contributed by atoms with Gasteiger partial charge >= 0.3 is 12.1 Å². The molecule has 0 unspecified atom stereocenters. The van der Waals surface area contributed by atoms with Gasteiger partial charge in [0.15, 0.2) is 0 Å². The highest BCUT2D eigenvalue weighted by Crippen LogP contribution is 2.37. The van der Waals surface area contributed by atoms with Crippen molar-refractivity contribution in [3.63, 3.8) is 0 Å². The Hall–Kier alpha value is -2.78. The first-order valence-corrected chi connectivity index (χ1v) is 8.22. The van der Waals surface area contributed by atoms with Crippen molar-refractivity contribution in [3.05, 3.63) is 29.8 Å². The van der Waals surface area contributed by atoms with E-state index < -0.39 is 55.4 Å². The van der Waals surface area contributed by atoms with Gasteiger partial charge in [-0.3, -0.25) is 14.4 Å². The van der Waals surface area contributed by atoms with E-state index in [1.165, 1.54) is 6.07 Å². The fraction of sp³-hybridized carbons (Fsp3) is 0.471. The molecule has 0 spiro atoms. The Morgan fingerprint density at radius 1 is 1.26 bits per heavy atom. The summed E-state index contributed by atoms with van der Waals surface area (Å²) in [6.45, 7) is 0.221. The van der Waals surface area contributed by atoms with E-state index >= 15 is 0 Å². The topological polar surface area (TPSA) is 95.9 Å². The summed E-state index contributed by atoms with van der Waals surface area (Å²) in [7, 11) is 0. The molecule has 0 bridgehead atoms. The van der Waals surface area contributed by atoms with Crippen molar-refractivity contribution in [2.24, 2.45) is 11.8 Å². The number of hydrogen-bond acceptors (Lipinski definition) is 4. The predicted octanol–water partition coefficient (Wildman–Crippen LogP) is 1.54. The van der Waals surface area contributed by atoms with Crippen LogP contribution in [0.1, 0.15) is 17.3 Å². The molecule has 0 saturated carbocycles. The van der Waals surface area contributed by atoms with Gasteiger partial charge in [-0.05, 0) is 19.1 Å². The van der Waals surface area contributed by atoms with Crippen LogP contribution in [0.25, 0.3) is 0 Å². The standard InChI is InChI=1S/C17H19F3N2O5/c1-2-27-13-6-4-3-5-10(13)15(24)21-7-14(23)22-8-11(16(25)26)12(9-22)17(18,19)20/h3-6,11-12H,2,7-9H2,1H3,(H,21,24)(H,25,26)/t11-,12-/m1/s1. The molecule has 1 aliphatic rings. The molecule has 10 heteroatoms. The average Bonchev–Trinajstić information content (AvgIpc) is 3.06. The van der Waals surface area contributed by atoms with Crippen LogP contribution in [0.15, 0.2) is 24.3 Å². The van der Waals surface area contributed by atoms with Crippen molar-refractivity contribution < 1.29 is 37.4 Å². The number of carbonyl (C=O) groups excluding carboxylic acids is 2. The van der Waals surface area contributed by atoms with Crippen LogP contribution in [0.3, 0.4) is 0 Å². The number of rotatable bonds is 6. The van der Waals surface area contributed by atoms with Crippen molar-refractivity contribution in [1.82, 2.24) is 10.2 Å². The highest BCUT2D eigenvalue weighted by molar-refractivity contribution is 5.98. The summed E-state index contributed by atoms with van der Waals surface area (Å²) in [5.74, 6) is -6.54. The van der Waals surface area contributed by atoms with Crippen LogP contribution >= 0.6 is 0 Å². The van der Waals surface area contributed by atoms with Gasteiger partial charge in [-0.15, -0.1) is 0 Å². The van der Waals surface area contributed by atoms with Gasteiger partial charge in [-0.2, -0.15) is 13.2 Å². The molecule has 2 atom stereocenters. The molecule has 0 aliphatic carbocycles. The number of nitrogens with zero attached hydrogens (tertiary/aromatic N) is 1. The van der Waals surface area contributed by atoms with Crippen molar-refractivity contribution in [1.29, 1.82) is 0 Å². The second-order valence-corrected chi connectivity index (χ2v) is 6.00. The molecule has 2 amide bonds. The number of nitrogens with one attached hydrogen (secondary N) is 1. The lowest BCUT2D eigenvalue weighted by Crippen LogP contribution is -2.40. The van der Waals surface area contributed by atoms with Gasteiger partial charge in [0.25, 0.3) is 5.91 Å². The van der Waals surface area contributed by atoms with Crippen molar-refractivity contribution >= 4 is 17.8 Å². The minimum absolute atomic E-state index is 0.185. The number of carbonyl (C=O) groups is 3. The number of aliphatic carboxylic acids is 1. The van der Waals surface area contributed by atoms with Gasteiger partial charge in [-0.1, -0.05) is 12.1 Å². The van der Waals surface area contributed by atoms with Crippen molar-refractivity contribution in [2.45, 2.75) is 13.1 Å². The van der Waals surface area contributed by atoms with Crippen molar-refractivity contribution in [3.8, 4) is 5.75 Å². The fourth-order valence-corrected chi connectivity index (χ4v) is 2.89. The summed E-state index contributed by atoms with van der Waals surface area (Å²) in [6.07, 6.45) is -4.72. The number of hydrogen-bond donors (Lipinski definition) is 2. The number of carboxylic acids is 1. The van der Waals surface area contributed by atoms with E-state index in [0.717, 1.165) is 4.90 Å². The molecule has 1 aliphatic heterocycles. The molecule has 0 radical (unpaired) electrons. The molecule has 27 heavy (non-hydrogen) atoms. The number of amides is 2. The maximum absolute atomic E-state index is 13.0. The number of halogens is 3. The zero-order valence-electron chi connectivity index (χ0n) is 14.5. The maximum atomic E-state index is 13.0. The summed E-state index contributed by atoms with van der Waals surface area (Å²) in [4.78, 5) is 36.2. The van der Waals surface area contributed by atoms with Crippen LogP contribution in [0.5, 0.6) is 5.75 Å². The van der Waals surface area contributed by atoms with E-state index in [0.29, 0.717) is 12.4 Å². The van der Waals surface area contributed by atoms with E-state index in [1.807, 2.05) is 0 Å². The number of benzene rings is 1. The summed E-state index contributed by atoms with van der Waals surface area (Å²) in [5, 5.41) is 11.3. The van der Waals surface area contributed by atoms with Crippen LogP contribution in [0.2, 0.25) is 0 Å². The van der Waals surface area contributed by atoms with Gasteiger partial charge in [0.1, 0.15) is 5.75 Å². The fourth-order valence-electron chi connectivity index (χ4n) is 2.89. The molecule has 148 valence electrons. The van der Waals surface area contributed by atoms with E-state index in [1.54, 1.807) is 25.1 Å². The third-order valence-electron chi connectivity index (χ3n) is 4.24. The molecule has 1 fully saturated rings. The van der Waals surface area contributed by atoms with E-state index in [-0.39, 0.29) is 5.56 Å². The summed E-state index contributed by atoms with van der Waals surface area (Å²) in [6, 6.07) is 6.33. The largest absolute Gasteiger partial charge is 0.493 e. The quantitative estimate of drug-likeness (QED) is 0.771. The lowest BCUT2D eigenvalue weighted by Gasteiger charge is -2.18. The number of likely N-dealkylation sites (tertiary alicyclic amines) is 1. The monoisotopic (exact) mass is 388 g/mol. The zero-order valence-corrected chi connectivity index (χ0v) is 14.5. The van der Waals surface area contributed by atoms with E-state index in [9.17, 15) is 27.6 Å². The smallest absolute Gasteiger partial charge is 0.394 e. The second-order valence-electron chi connectivity index (χ2n) is 6.00. The predicted molar refractivity (Wildman–Crippen MR) is 87.2 cm³/mol. The Morgan fingerprint density at radius 2 is 1.93 bits per heavy atom. The van der Waals surface area contributed by atoms with E-state index in [2.05, 4.69) is 5.32 Å². The van der Waals surface area contributed by atoms with Crippen LogP contribution < -0.4 is 10.1 Å². The highest BCUT2D eigenvalue weighted by Gasteiger charge is 2.53. The molecule has 1 saturated heterocycles. The minimum Gasteiger partial charge on any atom is -0.493 e. The maximum Gasteiger partial charge on any atom is 0.394 e. The van der Waals surface area contributed by atoms with Crippen LogP contribution in [-0.2, 0) is 9.59 Å². The van der Waals surface area contributed by atoms with Crippen LogP contribution in [0.4, 0.5) is 13.2 Å². The molecule has 0 aromatic heterocycles. The Labute approximate surface area is 153 Å². The van der Waals surface area contributed by atoms with Crippen LogP contribution in [0, 0.1) is 11.8 Å². The number of ether oxygens (including phenoxy) is 1. The SMILES string of the molecule is CCOc1ccccc1C(=O)NCC(=O)N1C[C@@H](C(F)(F)F)[C@H](C(=O)O)C1. The lowest BCUT2D eigenvalue weighted by atomic mass is 9.96. The zero-order chi connectivity index (χ0) is 20.2. The first-order valence-electron chi connectivity index (χ1n) is 8.22. The number of alkyl halides is 3. The molecule has 2 N–H and O–H groups in total. The van der Waals surface area contributed by atoms with Crippen molar-refractivity contribution in [2.75, 3.05) is 26.2 Å². The summed E-state index contributed by atoms with van der Waals surface area (Å²) < 4.78 is 44.2. The number of para-hydroxylation sites is 1.